The minimum Gasteiger partial charge on any atom is -0.495 e. The van der Waals surface area contributed by atoms with Crippen molar-refractivity contribution in [1.29, 1.82) is 0 Å². The van der Waals surface area contributed by atoms with Gasteiger partial charge < -0.3 is 10.5 Å². The molecule has 2 aromatic heterocycles. The summed E-state index contributed by atoms with van der Waals surface area (Å²) in [5, 5.41) is 1.14. The predicted octanol–water partition coefficient (Wildman–Crippen LogP) is 2.88. The van der Waals surface area contributed by atoms with Crippen molar-refractivity contribution in [1.82, 2.24) is 9.97 Å². The number of rotatable bonds is 4. The molecule has 0 radical (unpaired) electrons. The van der Waals surface area contributed by atoms with Gasteiger partial charge in [-0.3, -0.25) is 9.97 Å². The van der Waals surface area contributed by atoms with Gasteiger partial charge in [0.1, 0.15) is 5.75 Å². The van der Waals surface area contributed by atoms with Gasteiger partial charge in [-0.15, -0.1) is 0 Å². The average Bonchev–Trinajstić information content (AvgIpc) is 2.55. The Bertz CT molecular complexity index is 752. The Morgan fingerprint density at radius 3 is 2.86 bits per heavy atom. The Morgan fingerprint density at radius 1 is 1.14 bits per heavy atom. The normalized spacial score (nSPS) is 12.3. The Hall–Kier alpha value is -2.46. The fourth-order valence-electron chi connectivity index (χ4n) is 2.55. The van der Waals surface area contributed by atoms with Crippen molar-refractivity contribution in [3.63, 3.8) is 0 Å². The Morgan fingerprint density at radius 2 is 2.00 bits per heavy atom. The maximum Gasteiger partial charge on any atom is 0.141 e. The Kier molecular flexibility index (Phi) is 3.79. The number of methoxy groups -OCH3 is 1. The van der Waals surface area contributed by atoms with Crippen molar-refractivity contribution in [2.75, 3.05) is 7.11 Å². The summed E-state index contributed by atoms with van der Waals surface area (Å²) >= 11 is 0. The lowest BCUT2D eigenvalue weighted by atomic mass is 9.97. The molecule has 3 aromatic rings. The molecule has 0 spiro atoms. The quantitative estimate of drug-likeness (QED) is 0.797. The zero-order chi connectivity index (χ0) is 14.7. The van der Waals surface area contributed by atoms with Crippen LogP contribution < -0.4 is 10.5 Å². The van der Waals surface area contributed by atoms with Crippen molar-refractivity contribution < 1.29 is 4.74 Å². The monoisotopic (exact) mass is 279 g/mol. The molecule has 0 aliphatic heterocycles. The zero-order valence-electron chi connectivity index (χ0n) is 11.9. The van der Waals surface area contributed by atoms with Crippen molar-refractivity contribution >= 4 is 10.9 Å². The molecule has 0 aliphatic rings. The molecule has 0 amide bonds. The van der Waals surface area contributed by atoms with Gasteiger partial charge in [0.2, 0.25) is 0 Å². The van der Waals surface area contributed by atoms with E-state index in [4.69, 9.17) is 10.5 Å². The maximum atomic E-state index is 6.37. The van der Waals surface area contributed by atoms with Crippen molar-refractivity contribution in [3.8, 4) is 5.75 Å². The summed E-state index contributed by atoms with van der Waals surface area (Å²) in [5.74, 6) is 0.725. The maximum absolute atomic E-state index is 6.37. The number of hydrogen-bond acceptors (Lipinski definition) is 4. The van der Waals surface area contributed by atoms with E-state index in [0.29, 0.717) is 0 Å². The molecule has 1 atom stereocenters. The van der Waals surface area contributed by atoms with Crippen LogP contribution in [0.3, 0.4) is 0 Å². The van der Waals surface area contributed by atoms with Gasteiger partial charge in [0.05, 0.1) is 18.8 Å². The second kappa shape index (κ2) is 5.89. The van der Waals surface area contributed by atoms with E-state index in [9.17, 15) is 0 Å². The lowest BCUT2D eigenvalue weighted by Crippen LogP contribution is -2.15. The van der Waals surface area contributed by atoms with E-state index in [1.807, 2.05) is 36.5 Å². The Balaban J connectivity index is 1.95. The Labute approximate surface area is 123 Å². The van der Waals surface area contributed by atoms with Crippen LogP contribution in [0.15, 0.2) is 55.0 Å². The second-order valence-corrected chi connectivity index (χ2v) is 4.92. The van der Waals surface area contributed by atoms with Gasteiger partial charge in [-0.1, -0.05) is 18.2 Å². The van der Waals surface area contributed by atoms with Gasteiger partial charge in [0.25, 0.3) is 0 Å². The second-order valence-electron chi connectivity index (χ2n) is 4.92. The zero-order valence-corrected chi connectivity index (χ0v) is 11.9. The van der Waals surface area contributed by atoms with Crippen LogP contribution in [0.1, 0.15) is 17.2 Å². The summed E-state index contributed by atoms with van der Waals surface area (Å²) in [6.07, 6.45) is 5.99. The van der Waals surface area contributed by atoms with Crippen LogP contribution in [0, 0.1) is 0 Å². The molecule has 106 valence electrons. The molecule has 4 nitrogen and oxygen atoms in total. The smallest absolute Gasteiger partial charge is 0.141 e. The van der Waals surface area contributed by atoms with Crippen LogP contribution in [0.4, 0.5) is 0 Å². The first-order chi connectivity index (χ1) is 10.3. The highest BCUT2D eigenvalue weighted by atomic mass is 16.5. The van der Waals surface area contributed by atoms with E-state index in [1.165, 1.54) is 5.56 Å². The third-order valence-corrected chi connectivity index (χ3v) is 3.62. The van der Waals surface area contributed by atoms with Gasteiger partial charge >= 0.3 is 0 Å². The minimum absolute atomic E-state index is 0.145. The third-order valence-electron chi connectivity index (χ3n) is 3.62. The number of fused-ring (bicyclic) bond motifs is 1. The van der Waals surface area contributed by atoms with Crippen LogP contribution >= 0.6 is 0 Å². The summed E-state index contributed by atoms with van der Waals surface area (Å²) in [4.78, 5) is 8.45. The van der Waals surface area contributed by atoms with E-state index in [0.717, 1.165) is 28.6 Å². The summed E-state index contributed by atoms with van der Waals surface area (Å²) in [6.45, 7) is 0. The van der Waals surface area contributed by atoms with Crippen LogP contribution in [0.5, 0.6) is 5.75 Å². The molecule has 0 aliphatic carbocycles. The summed E-state index contributed by atoms with van der Waals surface area (Å²) in [7, 11) is 1.63. The number of hydrogen-bond donors (Lipinski definition) is 1. The lowest BCUT2D eigenvalue weighted by molar-refractivity contribution is 0.403. The molecule has 2 heterocycles. The average molecular weight is 279 g/mol. The molecule has 1 aromatic carbocycles. The van der Waals surface area contributed by atoms with E-state index in [1.54, 1.807) is 19.5 Å². The molecular weight excluding hydrogens is 262 g/mol. The highest BCUT2D eigenvalue weighted by Gasteiger charge is 2.14. The largest absolute Gasteiger partial charge is 0.495 e. The van der Waals surface area contributed by atoms with Crippen molar-refractivity contribution in [3.05, 3.63) is 66.1 Å². The molecule has 0 bridgehead atoms. The standard InChI is InChI=1S/C17H17N3O/c1-21-17-11-19-8-7-14(17)15(18)10-12-6-9-20-16-5-3-2-4-13(12)16/h2-9,11,15H,10,18H2,1H3. The summed E-state index contributed by atoms with van der Waals surface area (Å²) in [5.41, 5.74) is 9.51. The number of ether oxygens (including phenoxy) is 1. The van der Waals surface area contributed by atoms with E-state index < -0.39 is 0 Å². The molecule has 0 fully saturated rings. The first-order valence-electron chi connectivity index (χ1n) is 6.85. The van der Waals surface area contributed by atoms with E-state index in [2.05, 4.69) is 16.0 Å². The molecule has 4 heteroatoms. The molecule has 21 heavy (non-hydrogen) atoms. The number of aromatic nitrogens is 2. The molecular formula is C17H17N3O. The highest BCUT2D eigenvalue weighted by molar-refractivity contribution is 5.81. The molecule has 2 N–H and O–H groups in total. The van der Waals surface area contributed by atoms with E-state index in [-0.39, 0.29) is 6.04 Å². The SMILES string of the molecule is COc1cnccc1C(N)Cc1ccnc2ccccc12. The molecule has 0 saturated heterocycles. The first-order valence-corrected chi connectivity index (χ1v) is 6.85. The number of benzene rings is 1. The van der Waals surface area contributed by atoms with Gasteiger partial charge in [-0.05, 0) is 30.2 Å². The predicted molar refractivity (Wildman–Crippen MR) is 83.2 cm³/mol. The van der Waals surface area contributed by atoms with Gasteiger partial charge in [0.15, 0.2) is 0 Å². The third kappa shape index (κ3) is 2.71. The minimum atomic E-state index is -0.145. The number of nitrogens with two attached hydrogens (primary N) is 1. The number of nitrogens with zero attached hydrogens (tertiary/aromatic N) is 2. The number of para-hydroxylation sites is 1. The summed E-state index contributed by atoms with van der Waals surface area (Å²) in [6, 6.07) is 11.9. The van der Waals surface area contributed by atoms with Gasteiger partial charge in [-0.2, -0.15) is 0 Å². The fraction of sp³-hybridized carbons (Fsp3) is 0.176. The van der Waals surface area contributed by atoms with Gasteiger partial charge in [-0.25, -0.2) is 0 Å². The summed E-state index contributed by atoms with van der Waals surface area (Å²) < 4.78 is 5.34. The highest BCUT2D eigenvalue weighted by Crippen LogP contribution is 2.27. The number of pyridine rings is 2. The molecule has 1 unspecified atom stereocenters. The van der Waals surface area contributed by atoms with Crippen LogP contribution in [-0.2, 0) is 6.42 Å². The first kappa shape index (κ1) is 13.5. The van der Waals surface area contributed by atoms with Gasteiger partial charge in [0, 0.05) is 29.4 Å². The van der Waals surface area contributed by atoms with Crippen LogP contribution in [0.25, 0.3) is 10.9 Å². The molecule has 0 saturated carbocycles. The van der Waals surface area contributed by atoms with Crippen LogP contribution in [-0.4, -0.2) is 17.1 Å². The fourth-order valence-corrected chi connectivity index (χ4v) is 2.55. The van der Waals surface area contributed by atoms with Crippen molar-refractivity contribution in [2.24, 2.45) is 5.73 Å². The van der Waals surface area contributed by atoms with Crippen LogP contribution in [0.2, 0.25) is 0 Å². The topological polar surface area (TPSA) is 61.0 Å². The lowest BCUT2D eigenvalue weighted by Gasteiger charge is -2.16. The van der Waals surface area contributed by atoms with Crippen molar-refractivity contribution in [2.45, 2.75) is 12.5 Å². The van der Waals surface area contributed by atoms with E-state index >= 15 is 0 Å². The molecule has 3 rings (SSSR count).